The number of nitrogens with zero attached hydrogens (tertiary/aromatic N) is 3. The van der Waals surface area contributed by atoms with Crippen molar-refractivity contribution in [1.82, 2.24) is 15.2 Å². The van der Waals surface area contributed by atoms with E-state index in [1.165, 1.54) is 5.56 Å². The highest BCUT2D eigenvalue weighted by molar-refractivity contribution is 6.04. The van der Waals surface area contributed by atoms with Gasteiger partial charge in [0.1, 0.15) is 5.82 Å². The number of hydrogen-bond acceptors (Lipinski definition) is 3. The van der Waals surface area contributed by atoms with Gasteiger partial charge in [-0.25, -0.2) is 4.98 Å². The van der Waals surface area contributed by atoms with Gasteiger partial charge in [-0.05, 0) is 36.8 Å². The Hall–Kier alpha value is -2.17. The number of nitrogens with one attached hydrogen (secondary N) is 1. The third kappa shape index (κ3) is 2.22. The Morgan fingerprint density at radius 3 is 2.95 bits per heavy atom. The molecule has 1 fully saturated rings. The number of amides is 1. The first-order valence-electron chi connectivity index (χ1n) is 7.54. The summed E-state index contributed by atoms with van der Waals surface area (Å²) < 4.78 is 0. The summed E-state index contributed by atoms with van der Waals surface area (Å²) in [6.45, 7) is 2.90. The van der Waals surface area contributed by atoms with Gasteiger partial charge in [0, 0.05) is 18.2 Å². The molecule has 2 aromatic rings. The van der Waals surface area contributed by atoms with Crippen molar-refractivity contribution >= 4 is 11.6 Å². The largest absolute Gasteiger partial charge is 0.305 e. The SMILES string of the molecule is CC1Cc2ccccc2N(C(=O)c2n[nH]c(C3CC3)n2)C1. The van der Waals surface area contributed by atoms with E-state index < -0.39 is 0 Å². The highest BCUT2D eigenvalue weighted by Crippen LogP contribution is 2.38. The van der Waals surface area contributed by atoms with E-state index in [-0.39, 0.29) is 5.91 Å². The molecule has 1 N–H and O–H groups in total. The second-order valence-electron chi connectivity index (χ2n) is 6.17. The quantitative estimate of drug-likeness (QED) is 0.920. The van der Waals surface area contributed by atoms with Crippen LogP contribution in [0.25, 0.3) is 0 Å². The van der Waals surface area contributed by atoms with Crippen LogP contribution < -0.4 is 4.90 Å². The summed E-state index contributed by atoms with van der Waals surface area (Å²) in [6.07, 6.45) is 3.31. The molecule has 0 spiro atoms. The van der Waals surface area contributed by atoms with Gasteiger partial charge >= 0.3 is 0 Å². The number of fused-ring (bicyclic) bond motifs is 1. The third-order valence-electron chi connectivity index (χ3n) is 4.25. The fourth-order valence-electron chi connectivity index (χ4n) is 3.02. The standard InChI is InChI=1S/C16H18N4O/c1-10-8-12-4-2-3-5-13(12)20(9-10)16(21)15-17-14(18-19-15)11-6-7-11/h2-5,10-11H,6-9H2,1H3,(H,17,18,19). The van der Waals surface area contributed by atoms with Gasteiger partial charge in [-0.15, -0.1) is 5.10 Å². The Morgan fingerprint density at radius 2 is 2.14 bits per heavy atom. The number of rotatable bonds is 2. The molecule has 1 aliphatic heterocycles. The maximum Gasteiger partial charge on any atom is 0.297 e. The first kappa shape index (κ1) is 12.6. The number of carbonyl (C=O) groups is 1. The van der Waals surface area contributed by atoms with E-state index in [0.717, 1.165) is 37.3 Å². The van der Waals surface area contributed by atoms with Crippen LogP contribution in [0.5, 0.6) is 0 Å². The minimum Gasteiger partial charge on any atom is -0.305 e. The van der Waals surface area contributed by atoms with Crippen LogP contribution in [-0.2, 0) is 6.42 Å². The van der Waals surface area contributed by atoms with Crippen LogP contribution >= 0.6 is 0 Å². The van der Waals surface area contributed by atoms with E-state index in [9.17, 15) is 4.79 Å². The van der Waals surface area contributed by atoms with Gasteiger partial charge < -0.3 is 4.90 Å². The lowest BCUT2D eigenvalue weighted by atomic mass is 9.94. The highest BCUT2D eigenvalue weighted by Gasteiger charge is 2.32. The minimum absolute atomic E-state index is 0.0999. The lowest BCUT2D eigenvalue weighted by Crippen LogP contribution is -2.39. The number of aromatic amines is 1. The second kappa shape index (κ2) is 4.69. The molecule has 1 aliphatic carbocycles. The Kier molecular flexibility index (Phi) is 2.80. The zero-order valence-electron chi connectivity index (χ0n) is 12.0. The summed E-state index contributed by atoms with van der Waals surface area (Å²) in [4.78, 5) is 19.0. The maximum atomic E-state index is 12.7. The van der Waals surface area contributed by atoms with Crippen LogP contribution in [0.4, 0.5) is 5.69 Å². The normalized spacial score (nSPS) is 21.2. The first-order chi connectivity index (χ1) is 10.2. The van der Waals surface area contributed by atoms with E-state index in [2.05, 4.69) is 28.2 Å². The van der Waals surface area contributed by atoms with Gasteiger partial charge in [0.05, 0.1) is 0 Å². The second-order valence-corrected chi connectivity index (χ2v) is 6.17. The molecule has 1 unspecified atom stereocenters. The van der Waals surface area contributed by atoms with Crippen LogP contribution in [0.3, 0.4) is 0 Å². The zero-order valence-corrected chi connectivity index (χ0v) is 12.0. The average molecular weight is 282 g/mol. The lowest BCUT2D eigenvalue weighted by molar-refractivity contribution is 0.0971. The molecule has 108 valence electrons. The van der Waals surface area contributed by atoms with E-state index >= 15 is 0 Å². The van der Waals surface area contributed by atoms with Crippen molar-refractivity contribution < 1.29 is 4.79 Å². The first-order valence-corrected chi connectivity index (χ1v) is 7.54. The van der Waals surface area contributed by atoms with E-state index in [1.54, 1.807) is 0 Å². The number of carbonyl (C=O) groups excluding carboxylic acids is 1. The molecule has 21 heavy (non-hydrogen) atoms. The van der Waals surface area contributed by atoms with Crippen LogP contribution in [0.15, 0.2) is 24.3 Å². The number of benzene rings is 1. The molecule has 0 bridgehead atoms. The van der Waals surface area contributed by atoms with E-state index in [0.29, 0.717) is 17.7 Å². The molecule has 5 heteroatoms. The van der Waals surface area contributed by atoms with Crippen molar-refractivity contribution in [2.75, 3.05) is 11.4 Å². The number of anilines is 1. The van der Waals surface area contributed by atoms with Crippen LogP contribution in [0.2, 0.25) is 0 Å². The molecular formula is C16H18N4O. The van der Waals surface area contributed by atoms with Gasteiger partial charge in [0.15, 0.2) is 0 Å². The number of hydrogen-bond donors (Lipinski definition) is 1. The summed E-state index contributed by atoms with van der Waals surface area (Å²) >= 11 is 0. The van der Waals surface area contributed by atoms with Gasteiger partial charge in [-0.3, -0.25) is 9.89 Å². The summed E-state index contributed by atoms with van der Waals surface area (Å²) in [5, 5.41) is 7.04. The van der Waals surface area contributed by atoms with Crippen molar-refractivity contribution in [3.05, 3.63) is 41.5 Å². The van der Waals surface area contributed by atoms with Crippen molar-refractivity contribution in [2.45, 2.75) is 32.1 Å². The molecule has 0 saturated heterocycles. The molecule has 2 heterocycles. The molecule has 1 atom stereocenters. The fourth-order valence-corrected chi connectivity index (χ4v) is 3.02. The number of aromatic nitrogens is 3. The molecule has 4 rings (SSSR count). The smallest absolute Gasteiger partial charge is 0.297 e. The van der Waals surface area contributed by atoms with Gasteiger partial charge in [0.2, 0.25) is 5.82 Å². The Labute approximate surface area is 123 Å². The van der Waals surface area contributed by atoms with Crippen LogP contribution in [0, 0.1) is 5.92 Å². The molecule has 1 saturated carbocycles. The van der Waals surface area contributed by atoms with Crippen LogP contribution in [-0.4, -0.2) is 27.6 Å². The Morgan fingerprint density at radius 1 is 1.33 bits per heavy atom. The van der Waals surface area contributed by atoms with Crippen molar-refractivity contribution in [2.24, 2.45) is 5.92 Å². The molecule has 2 aliphatic rings. The molecular weight excluding hydrogens is 264 g/mol. The summed E-state index contributed by atoms with van der Waals surface area (Å²) in [5.41, 5.74) is 2.22. The Bertz CT molecular complexity index is 689. The molecule has 1 aromatic heterocycles. The monoisotopic (exact) mass is 282 g/mol. The summed E-state index contributed by atoms with van der Waals surface area (Å²) in [6, 6.07) is 8.10. The zero-order chi connectivity index (χ0) is 14.4. The fraction of sp³-hybridized carbons (Fsp3) is 0.438. The third-order valence-corrected chi connectivity index (χ3v) is 4.25. The Balaban J connectivity index is 1.66. The number of H-pyrrole nitrogens is 1. The molecule has 0 radical (unpaired) electrons. The van der Waals surface area contributed by atoms with Crippen LogP contribution in [0.1, 0.15) is 47.7 Å². The predicted molar refractivity (Wildman–Crippen MR) is 79.3 cm³/mol. The van der Waals surface area contributed by atoms with Gasteiger partial charge in [-0.2, -0.15) is 0 Å². The van der Waals surface area contributed by atoms with Crippen molar-refractivity contribution in [1.29, 1.82) is 0 Å². The van der Waals surface area contributed by atoms with E-state index in [4.69, 9.17) is 0 Å². The van der Waals surface area contributed by atoms with Crippen molar-refractivity contribution in [3.63, 3.8) is 0 Å². The van der Waals surface area contributed by atoms with Gasteiger partial charge in [0.25, 0.3) is 5.91 Å². The lowest BCUT2D eigenvalue weighted by Gasteiger charge is -2.32. The maximum absolute atomic E-state index is 12.7. The number of para-hydroxylation sites is 1. The highest BCUT2D eigenvalue weighted by atomic mass is 16.2. The average Bonchev–Trinajstić information content (AvgIpc) is 3.23. The van der Waals surface area contributed by atoms with Crippen molar-refractivity contribution in [3.8, 4) is 0 Å². The van der Waals surface area contributed by atoms with E-state index in [1.807, 2.05) is 23.1 Å². The summed E-state index contributed by atoms with van der Waals surface area (Å²) in [7, 11) is 0. The summed E-state index contributed by atoms with van der Waals surface area (Å²) in [5.74, 6) is 1.98. The molecule has 1 amide bonds. The van der Waals surface area contributed by atoms with Gasteiger partial charge in [-0.1, -0.05) is 25.1 Å². The minimum atomic E-state index is -0.0999. The topological polar surface area (TPSA) is 61.9 Å². The predicted octanol–water partition coefficient (Wildman–Crippen LogP) is 2.52. The molecule has 5 nitrogen and oxygen atoms in total. The molecule has 1 aromatic carbocycles.